The maximum Gasteiger partial charge on any atom is 0.263 e. The van der Waals surface area contributed by atoms with Gasteiger partial charge in [-0.05, 0) is 50.6 Å². The van der Waals surface area contributed by atoms with Crippen molar-refractivity contribution in [3.05, 3.63) is 86.8 Å². The molecule has 2 aromatic carbocycles. The fraction of sp³-hybridized carbons (Fsp3) is 0.0526. The summed E-state index contributed by atoms with van der Waals surface area (Å²) in [6, 6.07) is 17.6. The summed E-state index contributed by atoms with van der Waals surface area (Å²) in [5.41, 5.74) is 3.89. The van der Waals surface area contributed by atoms with Gasteiger partial charge in [0.2, 0.25) is 0 Å². The minimum Gasteiger partial charge on any atom is -0.345 e. The largest absolute Gasteiger partial charge is 0.345 e. The molecule has 0 aliphatic rings. The zero-order valence-electron chi connectivity index (χ0n) is 13.1. The molecule has 4 aromatic rings. The highest BCUT2D eigenvalue weighted by Gasteiger charge is 2.20. The van der Waals surface area contributed by atoms with Crippen LogP contribution in [0.5, 0.6) is 0 Å². The number of carbonyl (C=O) groups excluding carboxylic acids is 1. The second kappa shape index (κ2) is 6.82. The van der Waals surface area contributed by atoms with E-state index >= 15 is 0 Å². The Kier molecular flexibility index (Phi) is 4.38. The zero-order valence-corrected chi connectivity index (χ0v) is 15.5. The number of amides is 1. The van der Waals surface area contributed by atoms with E-state index in [0.717, 1.165) is 26.6 Å². The minimum atomic E-state index is -0.240. The number of rotatable bonds is 4. The van der Waals surface area contributed by atoms with Gasteiger partial charge in [-0.15, -0.1) is 11.3 Å². The molecule has 1 amide bonds. The Hall–Kier alpha value is -2.44. The monoisotopic (exact) mass is 411 g/mol. The maximum absolute atomic E-state index is 12.7. The van der Waals surface area contributed by atoms with Crippen LogP contribution in [-0.4, -0.2) is 15.9 Å². The Bertz CT molecular complexity index is 1030. The molecule has 25 heavy (non-hydrogen) atoms. The molecule has 0 bridgehead atoms. The summed E-state index contributed by atoms with van der Waals surface area (Å²) >= 11 is 4.85. The maximum atomic E-state index is 12.7. The van der Waals surface area contributed by atoms with Gasteiger partial charge in [0, 0.05) is 4.47 Å². The number of thiophene rings is 1. The van der Waals surface area contributed by atoms with Gasteiger partial charge in [-0.1, -0.05) is 36.4 Å². The van der Waals surface area contributed by atoms with Gasteiger partial charge in [0.25, 0.3) is 5.91 Å². The Morgan fingerprint density at radius 2 is 1.96 bits per heavy atom. The van der Waals surface area contributed by atoms with Crippen molar-refractivity contribution in [3.63, 3.8) is 0 Å². The number of nitrogens with zero attached hydrogens (tertiary/aromatic N) is 1. The molecule has 0 spiro atoms. The fourth-order valence-electron chi connectivity index (χ4n) is 2.79. The van der Waals surface area contributed by atoms with Gasteiger partial charge in [0.15, 0.2) is 0 Å². The number of hydrogen-bond acceptors (Lipinski definition) is 3. The number of benzene rings is 2. The zero-order chi connectivity index (χ0) is 17.2. The van der Waals surface area contributed by atoms with E-state index in [4.69, 9.17) is 0 Å². The third-order valence-electron chi connectivity index (χ3n) is 4.01. The number of carbonyl (C=O) groups is 1. The molecule has 0 saturated carbocycles. The lowest BCUT2D eigenvalue weighted by atomic mass is 9.98. The van der Waals surface area contributed by atoms with Crippen molar-refractivity contribution in [1.82, 2.24) is 15.3 Å². The first kappa shape index (κ1) is 16.1. The highest BCUT2D eigenvalue weighted by molar-refractivity contribution is 9.10. The summed E-state index contributed by atoms with van der Waals surface area (Å²) < 4.78 is 0.811. The predicted octanol–water partition coefficient (Wildman–Crippen LogP) is 4.91. The van der Waals surface area contributed by atoms with Crippen molar-refractivity contribution in [1.29, 1.82) is 0 Å². The number of aromatic amines is 1. The quantitative estimate of drug-likeness (QED) is 0.501. The number of halogens is 1. The van der Waals surface area contributed by atoms with Crippen LogP contribution >= 0.6 is 27.3 Å². The van der Waals surface area contributed by atoms with Gasteiger partial charge in [-0.2, -0.15) is 0 Å². The Balaban J connectivity index is 1.74. The van der Waals surface area contributed by atoms with E-state index < -0.39 is 0 Å². The van der Waals surface area contributed by atoms with Crippen LogP contribution in [-0.2, 0) is 0 Å². The lowest BCUT2D eigenvalue weighted by molar-refractivity contribution is 0.0946. The van der Waals surface area contributed by atoms with Crippen molar-refractivity contribution in [2.45, 2.75) is 6.04 Å². The van der Waals surface area contributed by atoms with Gasteiger partial charge >= 0.3 is 0 Å². The molecule has 4 nitrogen and oxygen atoms in total. The molecule has 0 aliphatic heterocycles. The van der Waals surface area contributed by atoms with Crippen LogP contribution in [0.25, 0.3) is 11.0 Å². The number of hydrogen-bond donors (Lipinski definition) is 2. The van der Waals surface area contributed by atoms with Crippen molar-refractivity contribution in [2.75, 3.05) is 0 Å². The van der Waals surface area contributed by atoms with E-state index in [1.54, 1.807) is 6.33 Å². The molecule has 0 aliphatic carbocycles. The van der Waals surface area contributed by atoms with Crippen molar-refractivity contribution < 1.29 is 4.79 Å². The Morgan fingerprint density at radius 1 is 1.12 bits per heavy atom. The van der Waals surface area contributed by atoms with Crippen LogP contribution in [0.3, 0.4) is 0 Å². The van der Waals surface area contributed by atoms with E-state index in [2.05, 4.69) is 31.2 Å². The summed E-state index contributed by atoms with van der Waals surface area (Å²) in [6.45, 7) is 0. The molecule has 6 heteroatoms. The number of H-pyrrole nitrogens is 1. The van der Waals surface area contributed by atoms with Gasteiger partial charge in [0.1, 0.15) is 4.88 Å². The summed E-state index contributed by atoms with van der Waals surface area (Å²) in [7, 11) is 0. The fourth-order valence-corrected chi connectivity index (χ4v) is 4.24. The summed E-state index contributed by atoms with van der Waals surface area (Å²) in [4.78, 5) is 20.8. The van der Waals surface area contributed by atoms with E-state index in [1.807, 2.05) is 60.0 Å². The molecule has 0 radical (unpaired) electrons. The molecule has 4 rings (SSSR count). The third-order valence-corrected chi connectivity index (χ3v) is 5.85. The second-order valence-corrected chi connectivity index (χ2v) is 7.36. The molecule has 2 aromatic heterocycles. The molecule has 0 saturated heterocycles. The van der Waals surface area contributed by atoms with Crippen molar-refractivity contribution >= 4 is 44.2 Å². The van der Waals surface area contributed by atoms with E-state index in [0.29, 0.717) is 4.88 Å². The molecule has 2 heterocycles. The summed E-state index contributed by atoms with van der Waals surface area (Å²) in [5.74, 6) is -0.0968. The third kappa shape index (κ3) is 3.23. The Labute approximate surface area is 157 Å². The first-order valence-corrected chi connectivity index (χ1v) is 9.41. The number of nitrogens with one attached hydrogen (secondary N) is 2. The average Bonchev–Trinajstić information content (AvgIpc) is 3.28. The van der Waals surface area contributed by atoms with E-state index in [9.17, 15) is 4.79 Å². The highest BCUT2D eigenvalue weighted by atomic mass is 79.9. The van der Waals surface area contributed by atoms with Gasteiger partial charge < -0.3 is 10.3 Å². The summed E-state index contributed by atoms with van der Waals surface area (Å²) in [6.07, 6.45) is 1.67. The number of imidazole rings is 1. The first-order chi connectivity index (χ1) is 12.2. The smallest absolute Gasteiger partial charge is 0.263 e. The SMILES string of the molecule is O=C(NC(c1ccccc1)c1ccc2nc[nH]c2c1)c1sccc1Br. The van der Waals surface area contributed by atoms with Crippen LogP contribution < -0.4 is 5.32 Å². The van der Waals surface area contributed by atoms with Crippen LogP contribution in [0.1, 0.15) is 26.8 Å². The van der Waals surface area contributed by atoms with E-state index in [1.165, 1.54) is 11.3 Å². The molecular formula is C19H14BrN3OS. The molecule has 1 unspecified atom stereocenters. The van der Waals surface area contributed by atoms with Crippen LogP contribution in [0.4, 0.5) is 0 Å². The molecule has 2 N–H and O–H groups in total. The average molecular weight is 412 g/mol. The standard InChI is InChI=1S/C19H14BrN3OS/c20-14-8-9-25-18(14)19(24)23-17(12-4-2-1-3-5-12)13-6-7-15-16(10-13)22-11-21-15/h1-11,17H,(H,21,22)(H,23,24). The van der Waals surface area contributed by atoms with Crippen molar-refractivity contribution in [2.24, 2.45) is 0 Å². The number of aromatic nitrogens is 2. The normalized spacial score (nSPS) is 12.2. The van der Waals surface area contributed by atoms with Crippen molar-refractivity contribution in [3.8, 4) is 0 Å². The topological polar surface area (TPSA) is 57.8 Å². The second-order valence-electron chi connectivity index (χ2n) is 5.59. The molecule has 124 valence electrons. The minimum absolute atomic E-state index is 0.0968. The van der Waals surface area contributed by atoms with Crippen LogP contribution in [0.2, 0.25) is 0 Å². The van der Waals surface area contributed by atoms with Gasteiger partial charge in [-0.3, -0.25) is 4.79 Å². The van der Waals surface area contributed by atoms with E-state index in [-0.39, 0.29) is 11.9 Å². The van der Waals surface area contributed by atoms with Gasteiger partial charge in [-0.25, -0.2) is 4.98 Å². The van der Waals surface area contributed by atoms with Gasteiger partial charge in [0.05, 0.1) is 23.4 Å². The molecular weight excluding hydrogens is 398 g/mol. The molecule has 1 atom stereocenters. The first-order valence-electron chi connectivity index (χ1n) is 7.74. The summed E-state index contributed by atoms with van der Waals surface area (Å²) in [5, 5.41) is 5.05. The predicted molar refractivity (Wildman–Crippen MR) is 104 cm³/mol. The Morgan fingerprint density at radius 3 is 2.72 bits per heavy atom. The highest BCUT2D eigenvalue weighted by Crippen LogP contribution is 2.27. The lowest BCUT2D eigenvalue weighted by Crippen LogP contribution is -2.29. The lowest BCUT2D eigenvalue weighted by Gasteiger charge is -2.20. The van der Waals surface area contributed by atoms with Crippen LogP contribution in [0.15, 0.2) is 70.8 Å². The number of fused-ring (bicyclic) bond motifs is 1. The molecule has 0 fully saturated rings. The van der Waals surface area contributed by atoms with Crippen LogP contribution in [0, 0.1) is 0 Å².